The minimum Gasteiger partial charge on any atom is -0.504 e. The highest BCUT2D eigenvalue weighted by atomic mass is 19.1. The summed E-state index contributed by atoms with van der Waals surface area (Å²) in [6, 6.07) is 5.29. The van der Waals surface area contributed by atoms with Crippen LogP contribution in [0.5, 0.6) is 0 Å². The van der Waals surface area contributed by atoms with E-state index in [1.54, 1.807) is 5.01 Å². The summed E-state index contributed by atoms with van der Waals surface area (Å²) in [5.41, 5.74) is 6.88. The molecule has 0 aromatic heterocycles. The van der Waals surface area contributed by atoms with E-state index in [4.69, 9.17) is 0 Å². The first-order valence-corrected chi connectivity index (χ1v) is 10.0. The third-order valence-corrected chi connectivity index (χ3v) is 5.87. The quantitative estimate of drug-likeness (QED) is 0.401. The van der Waals surface area contributed by atoms with Crippen molar-refractivity contribution in [2.75, 3.05) is 19.7 Å². The van der Waals surface area contributed by atoms with Gasteiger partial charge in [0.25, 0.3) is 0 Å². The maximum Gasteiger partial charge on any atom is 0.235 e. The molecule has 4 rings (SSSR count). The van der Waals surface area contributed by atoms with Gasteiger partial charge in [-0.25, -0.2) is 14.8 Å². The van der Waals surface area contributed by atoms with Crippen LogP contribution >= 0.6 is 0 Å². The molecule has 2 fully saturated rings. The zero-order valence-electron chi connectivity index (χ0n) is 16.6. The molecule has 0 radical (unpaired) electrons. The van der Waals surface area contributed by atoms with Crippen LogP contribution in [-0.4, -0.2) is 58.4 Å². The molecule has 1 saturated carbocycles. The second-order valence-electron chi connectivity index (χ2n) is 7.75. The molecule has 2 aliphatic carbocycles. The second kappa shape index (κ2) is 8.67. The van der Waals surface area contributed by atoms with Crippen molar-refractivity contribution in [3.05, 3.63) is 58.6 Å². The Kier molecular flexibility index (Phi) is 5.96. The molecule has 1 heterocycles. The number of aliphatic hydroxyl groups excluding tert-OH is 2. The molecule has 9 nitrogen and oxygen atoms in total. The fourth-order valence-corrected chi connectivity index (χ4v) is 4.28. The van der Waals surface area contributed by atoms with Crippen molar-refractivity contribution in [1.29, 1.82) is 0 Å². The topological polar surface area (TPSA) is 131 Å². The number of amides is 1. The van der Waals surface area contributed by atoms with Crippen LogP contribution in [0.25, 0.3) is 0 Å². The van der Waals surface area contributed by atoms with E-state index in [1.165, 1.54) is 30.3 Å². The summed E-state index contributed by atoms with van der Waals surface area (Å²) in [4.78, 5) is 38.3. The highest BCUT2D eigenvalue weighted by Gasteiger charge is 2.47. The van der Waals surface area contributed by atoms with Gasteiger partial charge in [0.15, 0.2) is 11.5 Å². The minimum absolute atomic E-state index is 0.0264. The van der Waals surface area contributed by atoms with Crippen LogP contribution in [0.2, 0.25) is 0 Å². The van der Waals surface area contributed by atoms with Crippen molar-refractivity contribution in [2.45, 2.75) is 19.0 Å². The summed E-state index contributed by atoms with van der Waals surface area (Å²) >= 11 is 0. The number of hydrogen-bond donors (Lipinski definition) is 5. The maximum atomic E-state index is 13.0. The Balaban J connectivity index is 1.54. The molecule has 1 aromatic rings. The molecular weight excluding hydrogens is 407 g/mol. The number of rotatable bonds is 5. The van der Waals surface area contributed by atoms with Crippen molar-refractivity contribution >= 4 is 17.5 Å². The van der Waals surface area contributed by atoms with E-state index < -0.39 is 35.1 Å². The van der Waals surface area contributed by atoms with Gasteiger partial charge in [-0.2, -0.15) is 5.53 Å². The van der Waals surface area contributed by atoms with Gasteiger partial charge in [0.05, 0.1) is 18.1 Å². The number of fused-ring (bicyclic) bond motifs is 2. The van der Waals surface area contributed by atoms with Crippen LogP contribution in [0, 0.1) is 17.7 Å². The van der Waals surface area contributed by atoms with Crippen LogP contribution in [0.1, 0.15) is 12.0 Å². The fraction of sp³-hybridized carbons (Fsp3) is 0.381. The summed E-state index contributed by atoms with van der Waals surface area (Å²) in [5.74, 6) is -4.64. The van der Waals surface area contributed by atoms with Crippen molar-refractivity contribution in [3.63, 3.8) is 0 Å². The molecule has 3 unspecified atom stereocenters. The smallest absolute Gasteiger partial charge is 0.235 e. The molecule has 164 valence electrons. The Bertz CT molecular complexity index is 972. The van der Waals surface area contributed by atoms with Gasteiger partial charge in [-0.15, -0.1) is 0 Å². The number of allylic oxidation sites excluding steroid dienone is 2. The van der Waals surface area contributed by atoms with Crippen molar-refractivity contribution in [3.8, 4) is 0 Å². The Morgan fingerprint density at radius 3 is 2.68 bits per heavy atom. The molecular formula is C21H23FN4O5. The van der Waals surface area contributed by atoms with Gasteiger partial charge >= 0.3 is 0 Å². The highest BCUT2D eigenvalue weighted by Crippen LogP contribution is 2.39. The second-order valence-corrected chi connectivity index (χ2v) is 7.75. The first kappa shape index (κ1) is 21.3. The molecule has 1 amide bonds. The third-order valence-electron chi connectivity index (χ3n) is 5.87. The van der Waals surface area contributed by atoms with Gasteiger partial charge in [0.1, 0.15) is 11.7 Å². The average Bonchev–Trinajstić information content (AvgIpc) is 2.76. The Hall–Kier alpha value is -2.92. The summed E-state index contributed by atoms with van der Waals surface area (Å²) in [6.45, 7) is 0.560. The summed E-state index contributed by atoms with van der Waals surface area (Å²) < 4.78 is 13.0. The van der Waals surface area contributed by atoms with E-state index in [0.717, 1.165) is 0 Å². The Labute approximate surface area is 177 Å². The number of carbonyl (C=O) groups is 3. The number of nitrogens with one attached hydrogen (secondary N) is 3. The Morgan fingerprint density at radius 1 is 1.23 bits per heavy atom. The van der Waals surface area contributed by atoms with Crippen molar-refractivity contribution < 1.29 is 29.0 Å². The van der Waals surface area contributed by atoms with Crippen molar-refractivity contribution in [1.82, 2.24) is 21.3 Å². The van der Waals surface area contributed by atoms with Gasteiger partial charge in [-0.1, -0.05) is 18.2 Å². The molecule has 0 bridgehead atoms. The number of Topliss-reactive ketones (excluding diaryl/α,β-unsaturated/α-hetero) is 2. The van der Waals surface area contributed by atoms with Crippen LogP contribution in [-0.2, 0) is 20.9 Å². The number of hydrogen-bond acceptors (Lipinski definition) is 8. The van der Waals surface area contributed by atoms with Crippen molar-refractivity contribution in [2.24, 2.45) is 11.8 Å². The van der Waals surface area contributed by atoms with Crippen LogP contribution in [0.15, 0.2) is 47.2 Å². The normalized spacial score (nSPS) is 26.3. The van der Waals surface area contributed by atoms with E-state index in [-0.39, 0.29) is 37.1 Å². The van der Waals surface area contributed by atoms with Gasteiger partial charge in [0.2, 0.25) is 11.7 Å². The van der Waals surface area contributed by atoms with Crippen LogP contribution < -0.4 is 16.3 Å². The third kappa shape index (κ3) is 4.02. The van der Waals surface area contributed by atoms with Crippen LogP contribution in [0.4, 0.5) is 4.39 Å². The van der Waals surface area contributed by atoms with Gasteiger partial charge in [-0.05, 0) is 29.7 Å². The van der Waals surface area contributed by atoms with Crippen LogP contribution in [0.3, 0.4) is 0 Å². The van der Waals surface area contributed by atoms with E-state index in [9.17, 15) is 29.0 Å². The lowest BCUT2D eigenvalue weighted by molar-refractivity contribution is -0.133. The molecule has 3 aliphatic rings. The first-order valence-electron chi connectivity index (χ1n) is 10.0. The number of aliphatic hydroxyl groups is 2. The van der Waals surface area contributed by atoms with E-state index in [1.807, 2.05) is 0 Å². The molecule has 0 spiro atoms. The Morgan fingerprint density at radius 2 is 1.97 bits per heavy atom. The first-order chi connectivity index (χ1) is 14.9. The number of carbonyl (C=O) groups excluding carboxylic acids is 3. The number of β-amino-alcohol motifs (C(OH)–C–C–N with tert-alkyl or cyclic N) is 1. The minimum atomic E-state index is -1.26. The SMILES string of the molecule is O=C(NCc1ccc(F)cc1)C1C=C2CC3C(CNNN3CCO)C(=O)C2=C(O)C1=O. The van der Waals surface area contributed by atoms with Gasteiger partial charge < -0.3 is 15.5 Å². The predicted molar refractivity (Wildman–Crippen MR) is 106 cm³/mol. The van der Waals surface area contributed by atoms with E-state index >= 15 is 0 Å². The molecule has 1 saturated heterocycles. The lowest BCUT2D eigenvalue weighted by atomic mass is 9.72. The molecule has 1 aromatic carbocycles. The molecule has 3 atom stereocenters. The monoisotopic (exact) mass is 430 g/mol. The number of benzene rings is 1. The predicted octanol–water partition coefficient (Wildman–Crippen LogP) is -0.346. The zero-order valence-corrected chi connectivity index (χ0v) is 16.6. The standard InChI is InChI=1S/C21H23FN4O5/c22-13-3-1-11(2-4-13)9-23-21(31)14-7-12-8-16-15(10-24-25-26(16)5-6-27)18(28)17(12)20(30)19(14)29/h1-4,7,14-16,24-25,27,30H,5-6,8-10H2,(H,23,31). The lowest BCUT2D eigenvalue weighted by Gasteiger charge is -2.45. The largest absolute Gasteiger partial charge is 0.504 e. The number of ketones is 2. The fourth-order valence-electron chi connectivity index (χ4n) is 4.28. The highest BCUT2D eigenvalue weighted by molar-refractivity contribution is 6.18. The number of halogens is 1. The summed E-state index contributed by atoms with van der Waals surface area (Å²) in [5, 5.41) is 24.1. The summed E-state index contributed by atoms with van der Waals surface area (Å²) in [6.07, 6.45) is 1.77. The lowest BCUT2D eigenvalue weighted by Crippen LogP contribution is -2.65. The number of hydrazine groups is 2. The van der Waals surface area contributed by atoms with Gasteiger partial charge in [-0.3, -0.25) is 14.4 Å². The average molecular weight is 430 g/mol. The number of nitrogens with zero attached hydrogens (tertiary/aromatic N) is 1. The molecule has 5 N–H and O–H groups in total. The molecule has 10 heteroatoms. The van der Waals surface area contributed by atoms with Gasteiger partial charge in [0, 0.05) is 25.7 Å². The summed E-state index contributed by atoms with van der Waals surface area (Å²) in [7, 11) is 0. The maximum absolute atomic E-state index is 13.0. The van der Waals surface area contributed by atoms with E-state index in [0.29, 0.717) is 24.1 Å². The molecule has 31 heavy (non-hydrogen) atoms. The molecule has 1 aliphatic heterocycles. The zero-order chi connectivity index (χ0) is 22.1. The van der Waals surface area contributed by atoms with E-state index in [2.05, 4.69) is 16.3 Å².